The monoisotopic (exact) mass is 292 g/mol. The Hall–Kier alpha value is -2.08. The van der Waals surface area contributed by atoms with Crippen LogP contribution >= 0.6 is 0 Å². The summed E-state index contributed by atoms with van der Waals surface area (Å²) in [6.07, 6.45) is 0.298. The van der Waals surface area contributed by atoms with E-state index in [0.29, 0.717) is 24.4 Å². The predicted octanol–water partition coefficient (Wildman–Crippen LogP) is 1.60. The fourth-order valence-electron chi connectivity index (χ4n) is 2.23. The third-order valence-corrected chi connectivity index (χ3v) is 3.51. The molecule has 6 heteroatoms. The number of fused-ring (bicyclic) bond motifs is 1. The van der Waals surface area contributed by atoms with Gasteiger partial charge in [-0.15, -0.1) is 0 Å². The van der Waals surface area contributed by atoms with Crippen molar-refractivity contribution in [2.45, 2.75) is 25.9 Å². The van der Waals surface area contributed by atoms with E-state index in [1.807, 2.05) is 31.2 Å². The second-order valence-electron chi connectivity index (χ2n) is 4.80. The molecule has 2 amide bonds. The van der Waals surface area contributed by atoms with Crippen molar-refractivity contribution in [1.82, 2.24) is 5.06 Å². The molecule has 1 heterocycles. The summed E-state index contributed by atoms with van der Waals surface area (Å²) in [7, 11) is 2.98. The van der Waals surface area contributed by atoms with Crippen molar-refractivity contribution in [1.29, 1.82) is 0 Å². The summed E-state index contributed by atoms with van der Waals surface area (Å²) in [5.41, 5.74) is 0.708. The predicted molar refractivity (Wildman–Crippen MR) is 77.9 cm³/mol. The lowest BCUT2D eigenvalue weighted by molar-refractivity contribution is -0.168. The molecule has 0 radical (unpaired) electrons. The van der Waals surface area contributed by atoms with Gasteiger partial charge in [0.25, 0.3) is 5.91 Å². The second-order valence-corrected chi connectivity index (χ2v) is 4.80. The average molecular weight is 292 g/mol. The number of nitrogens with zero attached hydrogens (tertiary/aromatic N) is 2. The van der Waals surface area contributed by atoms with Gasteiger partial charge in [-0.2, -0.15) is 0 Å². The van der Waals surface area contributed by atoms with E-state index < -0.39 is 6.10 Å². The van der Waals surface area contributed by atoms with Crippen LogP contribution in [0.2, 0.25) is 0 Å². The zero-order valence-corrected chi connectivity index (χ0v) is 12.5. The molecular formula is C15H20N2O4. The fourth-order valence-corrected chi connectivity index (χ4v) is 2.23. The van der Waals surface area contributed by atoms with Crippen LogP contribution in [0.5, 0.6) is 5.75 Å². The first kappa shape index (κ1) is 15.3. The van der Waals surface area contributed by atoms with Crippen molar-refractivity contribution in [3.05, 3.63) is 24.3 Å². The van der Waals surface area contributed by atoms with Crippen LogP contribution in [0.1, 0.15) is 19.8 Å². The van der Waals surface area contributed by atoms with E-state index in [0.717, 1.165) is 5.06 Å². The van der Waals surface area contributed by atoms with Crippen LogP contribution in [0.4, 0.5) is 5.69 Å². The van der Waals surface area contributed by atoms with Gasteiger partial charge in [-0.1, -0.05) is 19.1 Å². The van der Waals surface area contributed by atoms with Crippen LogP contribution in [0.3, 0.4) is 0 Å². The Morgan fingerprint density at radius 1 is 1.43 bits per heavy atom. The molecule has 6 nitrogen and oxygen atoms in total. The summed E-state index contributed by atoms with van der Waals surface area (Å²) in [6.45, 7) is 2.21. The number of carbonyl (C=O) groups is 2. The lowest BCUT2D eigenvalue weighted by Gasteiger charge is -2.34. The van der Waals surface area contributed by atoms with Gasteiger partial charge in [0.15, 0.2) is 6.10 Å². The number of carbonyl (C=O) groups excluding carboxylic acids is 2. The van der Waals surface area contributed by atoms with Crippen LogP contribution in [-0.4, -0.2) is 43.7 Å². The molecule has 0 aliphatic carbocycles. The Balaban J connectivity index is 2.16. The van der Waals surface area contributed by atoms with Gasteiger partial charge in [-0.3, -0.25) is 14.4 Å². The van der Waals surface area contributed by atoms with E-state index in [1.165, 1.54) is 7.11 Å². The molecular weight excluding hydrogens is 272 g/mol. The zero-order valence-electron chi connectivity index (χ0n) is 12.5. The highest BCUT2D eigenvalue weighted by atomic mass is 16.7. The van der Waals surface area contributed by atoms with E-state index in [2.05, 4.69) is 0 Å². The Bertz CT molecular complexity index is 532. The maximum atomic E-state index is 12.4. The quantitative estimate of drug-likeness (QED) is 0.773. The van der Waals surface area contributed by atoms with Crippen molar-refractivity contribution in [2.24, 2.45) is 0 Å². The maximum Gasteiger partial charge on any atom is 0.268 e. The highest BCUT2D eigenvalue weighted by Crippen LogP contribution is 2.34. The molecule has 1 atom stereocenters. The lowest BCUT2D eigenvalue weighted by Crippen LogP contribution is -2.46. The Labute approximate surface area is 124 Å². The second kappa shape index (κ2) is 6.58. The number of hydrogen-bond acceptors (Lipinski definition) is 4. The molecule has 0 spiro atoms. The number of ether oxygens (including phenoxy) is 1. The van der Waals surface area contributed by atoms with Crippen LogP contribution in [0, 0.1) is 0 Å². The maximum absolute atomic E-state index is 12.4. The van der Waals surface area contributed by atoms with E-state index in [4.69, 9.17) is 9.57 Å². The molecule has 0 bridgehead atoms. The van der Waals surface area contributed by atoms with Crippen molar-refractivity contribution in [2.75, 3.05) is 25.6 Å². The van der Waals surface area contributed by atoms with Gasteiger partial charge in [0.05, 0.1) is 12.8 Å². The molecule has 0 fully saturated rings. The highest BCUT2D eigenvalue weighted by molar-refractivity contribution is 6.00. The first-order valence-electron chi connectivity index (χ1n) is 6.96. The molecule has 0 saturated carbocycles. The highest BCUT2D eigenvalue weighted by Gasteiger charge is 2.33. The molecule has 0 aromatic heterocycles. The SMILES string of the molecule is CCC1Oc2ccccc2N(CCC(=O)N(C)OC)C1=O. The van der Waals surface area contributed by atoms with Crippen LogP contribution in [-0.2, 0) is 14.4 Å². The molecule has 1 aromatic carbocycles. The molecule has 1 unspecified atom stereocenters. The Morgan fingerprint density at radius 3 is 2.81 bits per heavy atom. The summed E-state index contributed by atoms with van der Waals surface area (Å²) in [6, 6.07) is 7.37. The van der Waals surface area contributed by atoms with Crippen LogP contribution in [0.25, 0.3) is 0 Å². The average Bonchev–Trinajstić information content (AvgIpc) is 2.52. The first-order valence-corrected chi connectivity index (χ1v) is 6.96. The fraction of sp³-hybridized carbons (Fsp3) is 0.467. The van der Waals surface area contributed by atoms with Gasteiger partial charge in [0.1, 0.15) is 5.75 Å². The van der Waals surface area contributed by atoms with Crippen molar-refractivity contribution >= 4 is 17.5 Å². The van der Waals surface area contributed by atoms with Gasteiger partial charge in [0.2, 0.25) is 5.91 Å². The van der Waals surface area contributed by atoms with E-state index in [-0.39, 0.29) is 18.2 Å². The molecule has 1 aliphatic heterocycles. The smallest absolute Gasteiger partial charge is 0.268 e. The standard InChI is InChI=1S/C15H20N2O4/c1-4-12-15(19)17(10-9-14(18)16(2)20-3)11-7-5-6-8-13(11)21-12/h5-8,12H,4,9-10H2,1-3H3. The summed E-state index contributed by atoms with van der Waals surface area (Å²) in [5.74, 6) is 0.392. The summed E-state index contributed by atoms with van der Waals surface area (Å²) < 4.78 is 5.69. The van der Waals surface area contributed by atoms with Crippen molar-refractivity contribution in [3.8, 4) is 5.75 Å². The third-order valence-electron chi connectivity index (χ3n) is 3.51. The van der Waals surface area contributed by atoms with E-state index in [9.17, 15) is 9.59 Å². The Kier molecular flexibility index (Phi) is 4.80. The number of para-hydroxylation sites is 2. The Morgan fingerprint density at radius 2 is 2.14 bits per heavy atom. The molecule has 1 aromatic rings. The van der Waals surface area contributed by atoms with Crippen LogP contribution in [0.15, 0.2) is 24.3 Å². The normalized spacial score (nSPS) is 17.2. The number of anilines is 1. The summed E-state index contributed by atoms with van der Waals surface area (Å²) in [5, 5.41) is 1.16. The van der Waals surface area contributed by atoms with Crippen molar-refractivity contribution in [3.63, 3.8) is 0 Å². The van der Waals surface area contributed by atoms with Gasteiger partial charge in [-0.25, -0.2) is 5.06 Å². The number of hydrogen-bond donors (Lipinski definition) is 0. The van der Waals surface area contributed by atoms with Gasteiger partial charge in [-0.05, 0) is 18.6 Å². The largest absolute Gasteiger partial charge is 0.478 e. The first-order chi connectivity index (χ1) is 10.1. The van der Waals surface area contributed by atoms with Crippen molar-refractivity contribution < 1.29 is 19.2 Å². The van der Waals surface area contributed by atoms with E-state index >= 15 is 0 Å². The minimum Gasteiger partial charge on any atom is -0.478 e. The minimum absolute atomic E-state index is 0.107. The number of rotatable bonds is 5. The van der Waals surface area contributed by atoms with Crippen LogP contribution < -0.4 is 9.64 Å². The zero-order chi connectivity index (χ0) is 15.4. The van der Waals surface area contributed by atoms with Gasteiger partial charge >= 0.3 is 0 Å². The van der Waals surface area contributed by atoms with E-state index in [1.54, 1.807) is 11.9 Å². The number of amides is 2. The molecule has 1 aliphatic rings. The summed E-state index contributed by atoms with van der Waals surface area (Å²) >= 11 is 0. The number of benzene rings is 1. The number of hydroxylamine groups is 2. The topological polar surface area (TPSA) is 59.1 Å². The molecule has 21 heavy (non-hydrogen) atoms. The molecule has 0 N–H and O–H groups in total. The molecule has 0 saturated heterocycles. The van der Waals surface area contributed by atoms with Gasteiger partial charge < -0.3 is 9.64 Å². The third kappa shape index (κ3) is 3.16. The molecule has 2 rings (SSSR count). The van der Waals surface area contributed by atoms with Gasteiger partial charge in [0, 0.05) is 20.0 Å². The minimum atomic E-state index is -0.491. The lowest BCUT2D eigenvalue weighted by atomic mass is 10.1. The summed E-state index contributed by atoms with van der Waals surface area (Å²) in [4.78, 5) is 30.7. The molecule has 114 valence electrons.